The third-order valence-corrected chi connectivity index (χ3v) is 9.56. The van der Waals surface area contributed by atoms with E-state index in [0.717, 1.165) is 52.2 Å². The highest BCUT2D eigenvalue weighted by atomic mass is 32.2. The first kappa shape index (κ1) is 30.3. The Hall–Kier alpha value is -3.65. The minimum Gasteiger partial charge on any atom is -0.352 e. The van der Waals surface area contributed by atoms with Crippen molar-refractivity contribution < 1.29 is 18.0 Å². The van der Waals surface area contributed by atoms with Gasteiger partial charge in [-0.3, -0.25) is 13.9 Å². The summed E-state index contributed by atoms with van der Waals surface area (Å²) in [6.07, 6.45) is 5.19. The first-order valence-electron chi connectivity index (χ1n) is 14.4. The average molecular weight is 576 g/mol. The molecule has 0 radical (unpaired) electrons. The minimum absolute atomic E-state index is 0.0979. The van der Waals surface area contributed by atoms with Crippen molar-refractivity contribution in [1.82, 2.24) is 10.2 Å². The Morgan fingerprint density at radius 3 is 2.07 bits per heavy atom. The quantitative estimate of drug-likeness (QED) is 0.337. The lowest BCUT2D eigenvalue weighted by Gasteiger charge is -2.33. The van der Waals surface area contributed by atoms with Gasteiger partial charge in [-0.05, 0) is 75.9 Å². The van der Waals surface area contributed by atoms with E-state index in [1.54, 1.807) is 49.4 Å². The summed E-state index contributed by atoms with van der Waals surface area (Å²) >= 11 is 0. The van der Waals surface area contributed by atoms with Crippen LogP contribution in [0.25, 0.3) is 0 Å². The smallest absolute Gasteiger partial charge is 0.264 e. The lowest BCUT2D eigenvalue weighted by atomic mass is 9.95. The van der Waals surface area contributed by atoms with Gasteiger partial charge in [-0.1, -0.05) is 78.9 Å². The number of carbonyl (C=O) groups is 2. The monoisotopic (exact) mass is 575 g/mol. The number of aryl methyl sites for hydroxylation is 3. The number of nitrogens with one attached hydrogen (secondary N) is 1. The van der Waals surface area contributed by atoms with Crippen LogP contribution in [0, 0.1) is 20.8 Å². The Bertz CT molecular complexity index is 1450. The van der Waals surface area contributed by atoms with Gasteiger partial charge in [0.15, 0.2) is 0 Å². The summed E-state index contributed by atoms with van der Waals surface area (Å²) in [6.45, 7) is 7.22. The van der Waals surface area contributed by atoms with Crippen molar-refractivity contribution in [3.63, 3.8) is 0 Å². The lowest BCUT2D eigenvalue weighted by Crippen LogP contribution is -2.53. The van der Waals surface area contributed by atoms with Gasteiger partial charge >= 0.3 is 0 Å². The van der Waals surface area contributed by atoms with E-state index < -0.39 is 28.5 Å². The van der Waals surface area contributed by atoms with E-state index in [0.29, 0.717) is 5.69 Å². The van der Waals surface area contributed by atoms with Gasteiger partial charge < -0.3 is 10.2 Å². The summed E-state index contributed by atoms with van der Waals surface area (Å²) < 4.78 is 29.1. The predicted octanol–water partition coefficient (Wildman–Crippen LogP) is 5.67. The fourth-order valence-electron chi connectivity index (χ4n) is 5.19. The topological polar surface area (TPSA) is 86.8 Å². The molecule has 0 aromatic heterocycles. The highest BCUT2D eigenvalue weighted by molar-refractivity contribution is 7.92. The van der Waals surface area contributed by atoms with Crippen LogP contribution in [0.1, 0.15) is 61.3 Å². The second kappa shape index (κ2) is 13.3. The van der Waals surface area contributed by atoms with Gasteiger partial charge in [-0.25, -0.2) is 8.42 Å². The lowest BCUT2D eigenvalue weighted by molar-refractivity contribution is -0.139. The third-order valence-electron chi connectivity index (χ3n) is 7.77. The number of anilines is 1. The third kappa shape index (κ3) is 7.76. The maximum absolute atomic E-state index is 14.1. The Kier molecular flexibility index (Phi) is 9.86. The van der Waals surface area contributed by atoms with E-state index in [1.165, 1.54) is 11.3 Å². The van der Waals surface area contributed by atoms with E-state index in [4.69, 9.17) is 0 Å². The number of hydrogen-bond acceptors (Lipinski definition) is 4. The molecule has 0 heterocycles. The molecule has 1 unspecified atom stereocenters. The molecule has 1 N–H and O–H groups in total. The van der Waals surface area contributed by atoms with E-state index >= 15 is 0 Å². The molecule has 8 heteroatoms. The zero-order chi connectivity index (χ0) is 29.6. The van der Waals surface area contributed by atoms with Crippen LogP contribution >= 0.6 is 0 Å². The number of sulfonamides is 1. The molecule has 0 saturated heterocycles. The van der Waals surface area contributed by atoms with Crippen LogP contribution in [0.2, 0.25) is 0 Å². The van der Waals surface area contributed by atoms with Crippen LogP contribution in [0.4, 0.5) is 5.69 Å². The molecule has 7 nitrogen and oxygen atoms in total. The zero-order valence-electron chi connectivity index (χ0n) is 24.5. The number of carbonyl (C=O) groups excluding carboxylic acids is 2. The Morgan fingerprint density at radius 2 is 1.46 bits per heavy atom. The number of amides is 2. The summed E-state index contributed by atoms with van der Waals surface area (Å²) in [5, 5.41) is 3.14. The Balaban J connectivity index is 1.67. The van der Waals surface area contributed by atoms with Crippen molar-refractivity contribution in [3.05, 3.63) is 95.1 Å². The first-order chi connectivity index (χ1) is 19.5. The van der Waals surface area contributed by atoms with E-state index in [1.807, 2.05) is 51.1 Å². The highest BCUT2D eigenvalue weighted by Gasteiger charge is 2.33. The molecule has 41 heavy (non-hydrogen) atoms. The van der Waals surface area contributed by atoms with Gasteiger partial charge in [0.1, 0.15) is 12.6 Å². The number of hydrogen-bond donors (Lipinski definition) is 1. The normalized spacial score (nSPS) is 14.7. The molecule has 1 atom stereocenters. The first-order valence-corrected chi connectivity index (χ1v) is 15.8. The fraction of sp³-hybridized carbons (Fsp3) is 0.394. The molecule has 218 valence electrons. The molecule has 0 spiro atoms. The van der Waals surface area contributed by atoms with E-state index in [2.05, 4.69) is 5.32 Å². The van der Waals surface area contributed by atoms with Crippen molar-refractivity contribution in [3.8, 4) is 0 Å². The van der Waals surface area contributed by atoms with Crippen LogP contribution in [-0.2, 0) is 26.2 Å². The van der Waals surface area contributed by atoms with E-state index in [-0.39, 0.29) is 23.4 Å². The molecule has 1 saturated carbocycles. The summed E-state index contributed by atoms with van der Waals surface area (Å²) in [7, 11) is -4.08. The molecule has 3 aromatic carbocycles. The van der Waals surface area contributed by atoms with Crippen molar-refractivity contribution in [2.24, 2.45) is 0 Å². The molecule has 0 aliphatic heterocycles. The molecule has 0 bridgehead atoms. The average Bonchev–Trinajstić information content (AvgIpc) is 2.95. The molecule has 1 aliphatic rings. The largest absolute Gasteiger partial charge is 0.352 e. The van der Waals surface area contributed by atoms with Gasteiger partial charge in [0.05, 0.1) is 10.6 Å². The number of benzene rings is 3. The Morgan fingerprint density at radius 1 is 0.854 bits per heavy atom. The predicted molar refractivity (Wildman–Crippen MR) is 163 cm³/mol. The van der Waals surface area contributed by atoms with E-state index in [9.17, 15) is 18.0 Å². The maximum Gasteiger partial charge on any atom is 0.264 e. The minimum atomic E-state index is -4.08. The standard InChI is InChI=1S/C33H41N3O4S/c1-24-13-17-28(18-14-24)22-35(27(4)33(38)34-29-10-6-5-7-11-29)32(37)23-36(30-12-8-9-26(3)21-30)41(39,40)31-19-15-25(2)16-20-31/h8-9,12-21,27,29H,5-7,10-11,22-23H2,1-4H3,(H,34,38). The maximum atomic E-state index is 14.1. The van der Waals surface area contributed by atoms with Crippen molar-refractivity contribution in [2.45, 2.75) is 83.3 Å². The molecule has 1 fully saturated rings. The van der Waals surface area contributed by atoms with Gasteiger partial charge in [0, 0.05) is 12.6 Å². The van der Waals surface area contributed by atoms with Crippen LogP contribution < -0.4 is 9.62 Å². The van der Waals surface area contributed by atoms with Crippen LogP contribution in [0.5, 0.6) is 0 Å². The zero-order valence-corrected chi connectivity index (χ0v) is 25.3. The van der Waals surface area contributed by atoms with Crippen LogP contribution in [0.15, 0.2) is 77.7 Å². The van der Waals surface area contributed by atoms with Crippen LogP contribution in [0.3, 0.4) is 0 Å². The summed E-state index contributed by atoms with van der Waals surface area (Å²) in [5.41, 5.74) is 4.16. The molecule has 3 aromatic rings. The second-order valence-corrected chi connectivity index (χ2v) is 13.1. The molecule has 2 amide bonds. The van der Waals surface area contributed by atoms with Gasteiger partial charge in [0.2, 0.25) is 11.8 Å². The molecular weight excluding hydrogens is 534 g/mol. The fourth-order valence-corrected chi connectivity index (χ4v) is 6.60. The SMILES string of the molecule is Cc1ccc(CN(C(=O)CN(c2cccc(C)c2)S(=O)(=O)c2ccc(C)cc2)C(C)C(=O)NC2CCCCC2)cc1. The summed E-state index contributed by atoms with van der Waals surface area (Å²) in [6, 6.07) is 20.8. The highest BCUT2D eigenvalue weighted by Crippen LogP contribution is 2.26. The van der Waals surface area contributed by atoms with Crippen molar-refractivity contribution in [1.29, 1.82) is 0 Å². The summed E-state index contributed by atoms with van der Waals surface area (Å²) in [4.78, 5) is 29.1. The van der Waals surface area contributed by atoms with Gasteiger partial charge in [-0.2, -0.15) is 0 Å². The van der Waals surface area contributed by atoms with Gasteiger partial charge in [-0.15, -0.1) is 0 Å². The molecule has 1 aliphatic carbocycles. The Labute approximate surface area is 244 Å². The number of nitrogens with zero attached hydrogens (tertiary/aromatic N) is 2. The molecule has 4 rings (SSSR count). The van der Waals surface area contributed by atoms with Crippen molar-refractivity contribution >= 4 is 27.5 Å². The van der Waals surface area contributed by atoms with Crippen LogP contribution in [-0.4, -0.2) is 43.8 Å². The van der Waals surface area contributed by atoms with Gasteiger partial charge in [0.25, 0.3) is 10.0 Å². The summed E-state index contributed by atoms with van der Waals surface area (Å²) in [5.74, 6) is -0.671. The number of rotatable bonds is 10. The van der Waals surface area contributed by atoms with Crippen molar-refractivity contribution in [2.75, 3.05) is 10.8 Å². The second-order valence-electron chi connectivity index (χ2n) is 11.2. The molecular formula is C33H41N3O4S.